The van der Waals surface area contributed by atoms with Crippen molar-refractivity contribution in [2.24, 2.45) is 0 Å². The van der Waals surface area contributed by atoms with Gasteiger partial charge in [-0.1, -0.05) is 12.5 Å². The molecule has 2 atom stereocenters. The summed E-state index contributed by atoms with van der Waals surface area (Å²) in [6.07, 6.45) is 6.36. The van der Waals surface area contributed by atoms with E-state index in [9.17, 15) is 5.11 Å². The number of hydrogen-bond donors (Lipinski definition) is 1. The second-order valence-corrected chi connectivity index (χ2v) is 7.05. The Morgan fingerprint density at radius 1 is 1.24 bits per heavy atom. The molecule has 1 saturated heterocycles. The van der Waals surface area contributed by atoms with Crippen molar-refractivity contribution in [1.82, 2.24) is 19.7 Å². The number of aromatic nitrogens is 3. The minimum atomic E-state index is -0.503. The topological polar surface area (TPSA) is 63.4 Å². The fourth-order valence-electron chi connectivity index (χ4n) is 3.58. The molecule has 1 fully saturated rings. The van der Waals surface area contributed by atoms with Crippen LogP contribution < -0.4 is 4.74 Å². The largest absolute Gasteiger partial charge is 0.491 e. The predicted octanol–water partition coefficient (Wildman–Crippen LogP) is 2.19. The minimum absolute atomic E-state index is 0.315. The Morgan fingerprint density at radius 3 is 2.76 bits per heavy atom. The lowest BCUT2D eigenvalue weighted by molar-refractivity contribution is 0.0345. The van der Waals surface area contributed by atoms with Gasteiger partial charge in [0.25, 0.3) is 0 Å². The Labute approximate surface area is 149 Å². The lowest BCUT2D eigenvalue weighted by Gasteiger charge is -2.36. The van der Waals surface area contributed by atoms with Gasteiger partial charge in [-0.05, 0) is 56.5 Å². The zero-order chi connectivity index (χ0) is 17.6. The average molecular weight is 344 g/mol. The highest BCUT2D eigenvalue weighted by molar-refractivity contribution is 5.32. The number of rotatable bonds is 7. The second-order valence-electron chi connectivity index (χ2n) is 7.05. The van der Waals surface area contributed by atoms with Gasteiger partial charge >= 0.3 is 0 Å². The third kappa shape index (κ3) is 5.28. The maximum absolute atomic E-state index is 10.4. The molecule has 0 aliphatic carbocycles. The van der Waals surface area contributed by atoms with E-state index in [1.165, 1.54) is 24.0 Å². The highest BCUT2D eigenvalue weighted by atomic mass is 16.5. The number of aliphatic hydroxyl groups excluding tert-OH is 1. The van der Waals surface area contributed by atoms with Gasteiger partial charge in [0.2, 0.25) is 0 Å². The van der Waals surface area contributed by atoms with Crippen LogP contribution in [0.25, 0.3) is 0 Å². The van der Waals surface area contributed by atoms with Gasteiger partial charge in [-0.3, -0.25) is 9.58 Å². The summed E-state index contributed by atoms with van der Waals surface area (Å²) in [6.45, 7) is 6.89. The summed E-state index contributed by atoms with van der Waals surface area (Å²) in [5.74, 6) is 0.828. The summed E-state index contributed by atoms with van der Waals surface area (Å²) in [6, 6.07) is 6.53. The van der Waals surface area contributed by atoms with Gasteiger partial charge in [0.05, 0.1) is 6.54 Å². The molecular weight excluding hydrogens is 316 g/mol. The van der Waals surface area contributed by atoms with Gasteiger partial charge in [0.15, 0.2) is 0 Å². The van der Waals surface area contributed by atoms with E-state index in [0.29, 0.717) is 19.2 Å². The normalized spacial score (nSPS) is 19.7. The van der Waals surface area contributed by atoms with Crippen molar-refractivity contribution in [1.29, 1.82) is 0 Å². The molecule has 0 unspecified atom stereocenters. The first-order valence-corrected chi connectivity index (χ1v) is 9.06. The number of likely N-dealkylation sites (tertiary alicyclic amines) is 1. The first kappa shape index (κ1) is 17.9. The Bertz CT molecular complexity index is 639. The van der Waals surface area contributed by atoms with Gasteiger partial charge in [-0.2, -0.15) is 5.10 Å². The Kier molecular flexibility index (Phi) is 6.04. The molecule has 1 N–H and O–H groups in total. The SMILES string of the molecule is Cc1cc(C)cc(OC[C@@H](O)CN2CCCC[C@@H]2Cn2cncn2)c1. The summed E-state index contributed by atoms with van der Waals surface area (Å²) in [4.78, 5) is 6.38. The van der Waals surface area contributed by atoms with Gasteiger partial charge in [0, 0.05) is 12.6 Å². The second kappa shape index (κ2) is 8.45. The first-order chi connectivity index (χ1) is 12.1. The molecule has 0 spiro atoms. The summed E-state index contributed by atoms with van der Waals surface area (Å²) in [5, 5.41) is 14.7. The Balaban J connectivity index is 1.52. The number of aryl methyl sites for hydroxylation is 2. The lowest BCUT2D eigenvalue weighted by Crippen LogP contribution is -2.46. The van der Waals surface area contributed by atoms with Gasteiger partial charge in [-0.15, -0.1) is 0 Å². The van der Waals surface area contributed by atoms with Crippen LogP contribution in [0, 0.1) is 13.8 Å². The molecular formula is C19H28N4O2. The number of piperidine rings is 1. The van der Waals surface area contributed by atoms with Crippen LogP contribution in [-0.4, -0.2) is 56.6 Å². The molecule has 2 aromatic rings. The molecule has 2 heterocycles. The van der Waals surface area contributed by atoms with Crippen LogP contribution in [-0.2, 0) is 6.54 Å². The zero-order valence-electron chi connectivity index (χ0n) is 15.1. The van der Waals surface area contributed by atoms with Crippen LogP contribution in [0.5, 0.6) is 5.75 Å². The molecule has 1 aromatic carbocycles. The van der Waals surface area contributed by atoms with Crippen molar-refractivity contribution >= 4 is 0 Å². The van der Waals surface area contributed by atoms with Crippen molar-refractivity contribution in [3.63, 3.8) is 0 Å². The van der Waals surface area contributed by atoms with E-state index in [4.69, 9.17) is 4.74 Å². The van der Waals surface area contributed by atoms with Crippen LogP contribution in [0.2, 0.25) is 0 Å². The van der Waals surface area contributed by atoms with Crippen molar-refractivity contribution in [2.45, 2.75) is 51.8 Å². The molecule has 1 aromatic heterocycles. The molecule has 0 saturated carbocycles. The maximum atomic E-state index is 10.4. The van der Waals surface area contributed by atoms with Crippen LogP contribution in [0.1, 0.15) is 30.4 Å². The van der Waals surface area contributed by atoms with Gasteiger partial charge < -0.3 is 9.84 Å². The van der Waals surface area contributed by atoms with Gasteiger partial charge in [0.1, 0.15) is 31.1 Å². The van der Waals surface area contributed by atoms with Crippen molar-refractivity contribution in [2.75, 3.05) is 19.7 Å². The number of ether oxygens (including phenoxy) is 1. The van der Waals surface area contributed by atoms with E-state index in [1.807, 2.05) is 16.8 Å². The molecule has 6 heteroatoms. The Morgan fingerprint density at radius 2 is 2.04 bits per heavy atom. The van der Waals surface area contributed by atoms with E-state index < -0.39 is 6.10 Å². The smallest absolute Gasteiger partial charge is 0.137 e. The molecule has 25 heavy (non-hydrogen) atoms. The summed E-state index contributed by atoms with van der Waals surface area (Å²) >= 11 is 0. The van der Waals surface area contributed by atoms with E-state index >= 15 is 0 Å². The molecule has 136 valence electrons. The number of aliphatic hydroxyl groups is 1. The molecule has 0 radical (unpaired) electrons. The van der Waals surface area contributed by atoms with Gasteiger partial charge in [-0.25, -0.2) is 4.98 Å². The third-order valence-corrected chi connectivity index (χ3v) is 4.70. The van der Waals surface area contributed by atoms with E-state index in [0.717, 1.165) is 25.3 Å². The molecule has 1 aliphatic heterocycles. The van der Waals surface area contributed by atoms with Crippen molar-refractivity contribution in [3.05, 3.63) is 42.0 Å². The number of nitrogens with zero attached hydrogens (tertiary/aromatic N) is 4. The van der Waals surface area contributed by atoms with E-state index in [-0.39, 0.29) is 0 Å². The predicted molar refractivity (Wildman–Crippen MR) is 96.7 cm³/mol. The van der Waals surface area contributed by atoms with E-state index in [2.05, 4.69) is 34.9 Å². The number of hydrogen-bond acceptors (Lipinski definition) is 5. The Hall–Kier alpha value is -1.92. The zero-order valence-corrected chi connectivity index (χ0v) is 15.1. The molecule has 0 bridgehead atoms. The van der Waals surface area contributed by atoms with Crippen molar-refractivity contribution in [3.8, 4) is 5.75 Å². The fourth-order valence-corrected chi connectivity index (χ4v) is 3.58. The quantitative estimate of drug-likeness (QED) is 0.834. The monoisotopic (exact) mass is 344 g/mol. The van der Waals surface area contributed by atoms with Crippen LogP contribution in [0.3, 0.4) is 0 Å². The average Bonchev–Trinajstić information content (AvgIpc) is 3.07. The van der Waals surface area contributed by atoms with Crippen LogP contribution in [0.15, 0.2) is 30.9 Å². The first-order valence-electron chi connectivity index (χ1n) is 9.06. The summed E-state index contributed by atoms with van der Waals surface area (Å²) < 4.78 is 7.68. The summed E-state index contributed by atoms with van der Waals surface area (Å²) in [7, 11) is 0. The standard InChI is InChI=1S/C19H28N4O2/c1-15-7-16(2)9-19(8-15)25-12-18(24)11-22-6-4-3-5-17(22)10-23-14-20-13-21-23/h7-9,13-14,17-18,24H,3-6,10-12H2,1-2H3/t17-,18+/m1/s1. The maximum Gasteiger partial charge on any atom is 0.137 e. The molecule has 3 rings (SSSR count). The summed E-state index contributed by atoms with van der Waals surface area (Å²) in [5.41, 5.74) is 2.35. The number of benzene rings is 1. The lowest BCUT2D eigenvalue weighted by atomic mass is 10.0. The molecule has 1 aliphatic rings. The highest BCUT2D eigenvalue weighted by Crippen LogP contribution is 2.20. The van der Waals surface area contributed by atoms with Crippen LogP contribution >= 0.6 is 0 Å². The van der Waals surface area contributed by atoms with E-state index in [1.54, 1.807) is 12.7 Å². The molecule has 0 amide bonds. The molecule has 6 nitrogen and oxygen atoms in total. The fraction of sp³-hybridized carbons (Fsp3) is 0.579. The highest BCUT2D eigenvalue weighted by Gasteiger charge is 2.25. The van der Waals surface area contributed by atoms with Crippen molar-refractivity contribution < 1.29 is 9.84 Å². The minimum Gasteiger partial charge on any atom is -0.491 e. The number of β-amino-alcohol motifs (C(OH)–C–C–N with tert-alkyl or cyclic N) is 1. The van der Waals surface area contributed by atoms with Crippen LogP contribution in [0.4, 0.5) is 0 Å². The third-order valence-electron chi connectivity index (χ3n) is 4.70.